The van der Waals surface area contributed by atoms with Gasteiger partial charge in [0.05, 0.1) is 0 Å². The van der Waals surface area contributed by atoms with Crippen molar-refractivity contribution in [3.63, 3.8) is 0 Å². The highest BCUT2D eigenvalue weighted by atomic mass is 19.3. The van der Waals surface area contributed by atoms with Crippen LogP contribution in [0.1, 0.15) is 23.2 Å². The molecule has 1 aromatic heterocycles. The lowest BCUT2D eigenvalue weighted by atomic mass is 10.1. The fraction of sp³-hybridized carbons (Fsp3) is 0.375. The Kier molecular flexibility index (Phi) is 3.25. The normalized spacial score (nSPS) is 10.7. The van der Waals surface area contributed by atoms with Crippen molar-refractivity contribution in [1.29, 1.82) is 0 Å². The Morgan fingerprint density at radius 1 is 1.67 bits per heavy atom. The van der Waals surface area contributed by atoms with Crippen LogP contribution >= 0.6 is 0 Å². The first-order valence-corrected chi connectivity index (χ1v) is 4.01. The average Bonchev–Trinajstić information content (AvgIpc) is 2.16. The van der Waals surface area contributed by atoms with Gasteiger partial charge >= 0.3 is 5.82 Å². The molecule has 0 bridgehead atoms. The van der Waals surface area contributed by atoms with Gasteiger partial charge in [0, 0.05) is 0 Å². The maximum atomic E-state index is 12.4. The van der Waals surface area contributed by atoms with Crippen molar-refractivity contribution in [2.24, 2.45) is 0 Å². The summed E-state index contributed by atoms with van der Waals surface area (Å²) in [5.74, 6) is -0.903. The van der Waals surface area contributed by atoms with Gasteiger partial charge in [-0.25, -0.2) is 8.78 Å². The molecule has 0 fully saturated rings. The molecule has 1 aromatic rings. The molecule has 0 unspecified atom stereocenters. The number of aliphatic hydroxyl groups is 1. The number of aryl methyl sites for hydroxylation is 1. The molecule has 0 saturated carbocycles. The zero-order valence-corrected chi connectivity index (χ0v) is 7.78. The van der Waals surface area contributed by atoms with E-state index in [1.54, 1.807) is 0 Å². The SMILES string of the molecule is Cc1cc(C(F)F)c([N+](=O)[O-])nc1CO. The molecule has 0 saturated heterocycles. The lowest BCUT2D eigenvalue weighted by molar-refractivity contribution is -0.391. The van der Waals surface area contributed by atoms with E-state index >= 15 is 0 Å². The summed E-state index contributed by atoms with van der Waals surface area (Å²) in [7, 11) is 0. The maximum absolute atomic E-state index is 12.4. The Labute approximate surface area is 83.5 Å². The van der Waals surface area contributed by atoms with E-state index in [9.17, 15) is 18.9 Å². The molecule has 0 radical (unpaired) electrons. The van der Waals surface area contributed by atoms with Crippen LogP contribution in [0.2, 0.25) is 0 Å². The predicted molar refractivity (Wildman–Crippen MR) is 46.5 cm³/mol. The standard InChI is InChI=1S/C8H8F2N2O3/c1-4-2-5(7(9)10)8(12(14)15)11-6(4)3-13/h2,7,13H,3H2,1H3. The number of halogens is 2. The van der Waals surface area contributed by atoms with Gasteiger partial charge in [0.15, 0.2) is 5.69 Å². The molecular weight excluding hydrogens is 210 g/mol. The van der Waals surface area contributed by atoms with Gasteiger partial charge in [-0.05, 0) is 28.5 Å². The van der Waals surface area contributed by atoms with Gasteiger partial charge < -0.3 is 15.2 Å². The van der Waals surface area contributed by atoms with E-state index in [4.69, 9.17) is 5.11 Å². The van der Waals surface area contributed by atoms with Crippen molar-refractivity contribution < 1.29 is 18.8 Å². The number of hydrogen-bond acceptors (Lipinski definition) is 4. The Bertz CT molecular complexity index is 396. The van der Waals surface area contributed by atoms with Crippen LogP contribution in [0, 0.1) is 17.0 Å². The topological polar surface area (TPSA) is 76.3 Å². The lowest BCUT2D eigenvalue weighted by Crippen LogP contribution is -2.04. The second kappa shape index (κ2) is 4.26. The quantitative estimate of drug-likeness (QED) is 0.619. The van der Waals surface area contributed by atoms with Gasteiger partial charge in [0.1, 0.15) is 12.2 Å². The van der Waals surface area contributed by atoms with Crippen LogP contribution in [0.5, 0.6) is 0 Å². The van der Waals surface area contributed by atoms with Crippen molar-refractivity contribution in [2.75, 3.05) is 0 Å². The van der Waals surface area contributed by atoms with Crippen molar-refractivity contribution >= 4 is 5.82 Å². The third kappa shape index (κ3) is 2.24. The van der Waals surface area contributed by atoms with E-state index in [0.717, 1.165) is 6.07 Å². The summed E-state index contributed by atoms with van der Waals surface area (Å²) < 4.78 is 24.8. The van der Waals surface area contributed by atoms with E-state index < -0.39 is 29.3 Å². The smallest absolute Gasteiger partial charge is 0.372 e. The number of alkyl halides is 2. The zero-order chi connectivity index (χ0) is 11.6. The van der Waals surface area contributed by atoms with Crippen LogP contribution in [0.15, 0.2) is 6.07 Å². The summed E-state index contributed by atoms with van der Waals surface area (Å²) >= 11 is 0. The van der Waals surface area contributed by atoms with Gasteiger partial charge in [-0.3, -0.25) is 0 Å². The van der Waals surface area contributed by atoms with Crippen LogP contribution in [-0.4, -0.2) is 15.0 Å². The zero-order valence-electron chi connectivity index (χ0n) is 7.78. The maximum Gasteiger partial charge on any atom is 0.372 e. The Balaban J connectivity index is 3.39. The molecule has 82 valence electrons. The predicted octanol–water partition coefficient (Wildman–Crippen LogP) is 1.73. The summed E-state index contributed by atoms with van der Waals surface area (Å²) in [6, 6.07) is 0.974. The first-order valence-electron chi connectivity index (χ1n) is 4.01. The molecule has 0 spiro atoms. The first kappa shape index (κ1) is 11.4. The number of rotatable bonds is 3. The monoisotopic (exact) mass is 218 g/mol. The van der Waals surface area contributed by atoms with Crippen molar-refractivity contribution in [1.82, 2.24) is 4.98 Å². The van der Waals surface area contributed by atoms with Gasteiger partial charge in [-0.15, -0.1) is 0 Å². The summed E-state index contributed by atoms with van der Waals surface area (Å²) in [5.41, 5.74) is -0.390. The molecule has 1 heterocycles. The van der Waals surface area contributed by atoms with Gasteiger partial charge in [-0.1, -0.05) is 0 Å². The molecule has 1 rings (SSSR count). The highest BCUT2D eigenvalue weighted by Gasteiger charge is 2.25. The van der Waals surface area contributed by atoms with E-state index in [2.05, 4.69) is 4.98 Å². The van der Waals surface area contributed by atoms with E-state index in [0.29, 0.717) is 5.56 Å². The minimum atomic E-state index is -2.95. The van der Waals surface area contributed by atoms with Crippen LogP contribution < -0.4 is 0 Å². The van der Waals surface area contributed by atoms with Crippen LogP contribution in [0.25, 0.3) is 0 Å². The minimum Gasteiger partial charge on any atom is -0.388 e. The number of nitro groups is 1. The van der Waals surface area contributed by atoms with Gasteiger partial charge in [-0.2, -0.15) is 0 Å². The summed E-state index contributed by atoms with van der Waals surface area (Å²) in [4.78, 5) is 12.8. The Hall–Kier alpha value is -1.63. The minimum absolute atomic E-state index is 0.0334. The Morgan fingerprint density at radius 2 is 2.27 bits per heavy atom. The van der Waals surface area contributed by atoms with Crippen LogP contribution in [0.4, 0.5) is 14.6 Å². The summed E-state index contributed by atoms with van der Waals surface area (Å²) in [6.45, 7) is 0.935. The van der Waals surface area contributed by atoms with E-state index in [-0.39, 0.29) is 5.69 Å². The molecule has 1 N–H and O–H groups in total. The lowest BCUT2D eigenvalue weighted by Gasteiger charge is -2.04. The molecule has 0 aromatic carbocycles. The van der Waals surface area contributed by atoms with E-state index in [1.165, 1.54) is 6.92 Å². The largest absolute Gasteiger partial charge is 0.388 e. The molecule has 0 atom stereocenters. The second-order valence-electron chi connectivity index (χ2n) is 2.88. The van der Waals surface area contributed by atoms with E-state index in [1.807, 2.05) is 0 Å². The third-order valence-corrected chi connectivity index (χ3v) is 1.88. The van der Waals surface area contributed by atoms with Crippen LogP contribution in [-0.2, 0) is 6.61 Å². The number of nitrogens with zero attached hydrogens (tertiary/aromatic N) is 2. The van der Waals surface area contributed by atoms with Gasteiger partial charge in [0.2, 0.25) is 0 Å². The fourth-order valence-corrected chi connectivity index (χ4v) is 1.13. The molecule has 7 heteroatoms. The fourth-order valence-electron chi connectivity index (χ4n) is 1.13. The molecule has 0 aliphatic carbocycles. The van der Waals surface area contributed by atoms with Crippen molar-refractivity contribution in [3.8, 4) is 0 Å². The number of aromatic nitrogens is 1. The molecule has 0 aliphatic rings. The number of pyridine rings is 1. The average molecular weight is 218 g/mol. The van der Waals surface area contributed by atoms with Gasteiger partial charge in [0.25, 0.3) is 6.43 Å². The molecule has 0 amide bonds. The molecule has 15 heavy (non-hydrogen) atoms. The molecular formula is C8H8F2N2O3. The van der Waals surface area contributed by atoms with Crippen molar-refractivity contribution in [3.05, 3.63) is 33.0 Å². The number of hydrogen-bond donors (Lipinski definition) is 1. The third-order valence-electron chi connectivity index (χ3n) is 1.88. The highest BCUT2D eigenvalue weighted by molar-refractivity contribution is 5.39. The summed E-state index contributed by atoms with van der Waals surface area (Å²) in [5, 5.41) is 19.2. The Morgan fingerprint density at radius 3 is 2.67 bits per heavy atom. The van der Waals surface area contributed by atoms with Crippen molar-refractivity contribution in [2.45, 2.75) is 20.0 Å². The summed E-state index contributed by atoms with van der Waals surface area (Å²) in [6.07, 6.45) is -2.95. The number of aliphatic hydroxyl groups excluding tert-OH is 1. The van der Waals surface area contributed by atoms with Crippen LogP contribution in [0.3, 0.4) is 0 Å². The molecule has 5 nitrogen and oxygen atoms in total. The highest BCUT2D eigenvalue weighted by Crippen LogP contribution is 2.28. The second-order valence-corrected chi connectivity index (χ2v) is 2.88. The first-order chi connectivity index (χ1) is 6.97. The molecule has 0 aliphatic heterocycles.